The highest BCUT2D eigenvalue weighted by Crippen LogP contribution is 2.25. The van der Waals surface area contributed by atoms with E-state index in [4.69, 9.17) is 19.2 Å². The van der Waals surface area contributed by atoms with Crippen LogP contribution in [0, 0.1) is 0 Å². The lowest BCUT2D eigenvalue weighted by Gasteiger charge is -2.28. The molecule has 0 saturated carbocycles. The Labute approximate surface area is 149 Å². The number of ether oxygens (including phenoxy) is 2. The quantitative estimate of drug-likeness (QED) is 0.270. The van der Waals surface area contributed by atoms with Crippen molar-refractivity contribution >= 4 is 6.08 Å². The zero-order valence-electron chi connectivity index (χ0n) is 15.7. The molecule has 0 radical (unpaired) electrons. The molecule has 0 unspecified atom stereocenters. The number of phenols is 2. The van der Waals surface area contributed by atoms with E-state index in [1.165, 1.54) is 18.4 Å². The van der Waals surface area contributed by atoms with Crippen molar-refractivity contribution in [1.82, 2.24) is 0 Å². The lowest BCUT2D eigenvalue weighted by molar-refractivity contribution is -0.319. The van der Waals surface area contributed by atoms with Gasteiger partial charge in [0.2, 0.25) is 0 Å². The largest absolute Gasteiger partial charge is 0.504 e. The maximum Gasteiger partial charge on any atom is 0.157 e. The molecule has 0 saturated heterocycles. The van der Waals surface area contributed by atoms with E-state index >= 15 is 0 Å². The molecule has 25 heavy (non-hydrogen) atoms. The van der Waals surface area contributed by atoms with Gasteiger partial charge in [0.15, 0.2) is 11.5 Å². The van der Waals surface area contributed by atoms with Crippen molar-refractivity contribution in [3.8, 4) is 11.5 Å². The van der Waals surface area contributed by atoms with Crippen LogP contribution in [0.5, 0.6) is 11.5 Å². The van der Waals surface area contributed by atoms with Crippen LogP contribution >= 0.6 is 0 Å². The third-order valence-corrected chi connectivity index (χ3v) is 3.69. The van der Waals surface area contributed by atoms with Crippen molar-refractivity contribution in [1.29, 1.82) is 0 Å². The molecule has 0 amide bonds. The van der Waals surface area contributed by atoms with Crippen molar-refractivity contribution in [2.24, 2.45) is 0 Å². The number of rotatable bonds is 11. The Kier molecular flexibility index (Phi) is 8.22. The van der Waals surface area contributed by atoms with Gasteiger partial charge in [-0.25, -0.2) is 0 Å². The molecule has 0 aliphatic heterocycles. The third-order valence-electron chi connectivity index (χ3n) is 3.69. The van der Waals surface area contributed by atoms with Gasteiger partial charge in [-0.3, -0.25) is 0 Å². The van der Waals surface area contributed by atoms with Crippen LogP contribution in [-0.4, -0.2) is 41.7 Å². The maximum absolute atomic E-state index is 9.42. The molecule has 0 spiro atoms. The van der Waals surface area contributed by atoms with Crippen LogP contribution in [0.3, 0.4) is 0 Å². The van der Waals surface area contributed by atoms with Gasteiger partial charge in [0.05, 0.1) is 12.2 Å². The fraction of sp³-hybridized carbons (Fsp3) is 0.579. The predicted molar refractivity (Wildman–Crippen MR) is 96.2 cm³/mol. The van der Waals surface area contributed by atoms with Gasteiger partial charge in [0.1, 0.15) is 11.9 Å². The van der Waals surface area contributed by atoms with Gasteiger partial charge in [-0.1, -0.05) is 6.07 Å². The minimum Gasteiger partial charge on any atom is -0.504 e. The average Bonchev–Trinajstić information content (AvgIpc) is 2.52. The Balaban J connectivity index is 2.34. The van der Waals surface area contributed by atoms with E-state index in [1.54, 1.807) is 19.3 Å². The summed E-state index contributed by atoms with van der Waals surface area (Å²) in [6, 6.07) is 4.48. The van der Waals surface area contributed by atoms with E-state index in [-0.39, 0.29) is 17.1 Å². The zero-order valence-corrected chi connectivity index (χ0v) is 15.7. The molecule has 0 aliphatic rings. The summed E-state index contributed by atoms with van der Waals surface area (Å²) in [6.45, 7) is 9.10. The lowest BCUT2D eigenvalue weighted by atomic mass is 10.0. The number of hydrogen-bond donors (Lipinski definition) is 2. The van der Waals surface area contributed by atoms with E-state index in [0.717, 1.165) is 6.42 Å². The first-order chi connectivity index (χ1) is 11.7. The molecule has 6 heteroatoms. The van der Waals surface area contributed by atoms with Gasteiger partial charge in [0, 0.05) is 20.1 Å². The Morgan fingerprint density at radius 3 is 2.28 bits per heavy atom. The summed E-state index contributed by atoms with van der Waals surface area (Å²) in [5.41, 5.74) is -0.0770. The molecule has 1 rings (SSSR count). The van der Waals surface area contributed by atoms with Gasteiger partial charge in [0.25, 0.3) is 0 Å². The monoisotopic (exact) mass is 354 g/mol. The summed E-state index contributed by atoms with van der Waals surface area (Å²) in [6.07, 6.45) is 4.50. The van der Waals surface area contributed by atoms with Gasteiger partial charge in [-0.15, -0.1) is 0 Å². The highest BCUT2D eigenvalue weighted by Gasteiger charge is 2.23. The number of phenolic OH excluding ortho intramolecular Hbond substituents is 2. The molecule has 0 heterocycles. The van der Waals surface area contributed by atoms with Crippen LogP contribution in [0.25, 0.3) is 6.08 Å². The number of benzene rings is 1. The van der Waals surface area contributed by atoms with Gasteiger partial charge >= 0.3 is 0 Å². The number of methoxy groups -OCH3 is 1. The highest BCUT2D eigenvalue weighted by molar-refractivity contribution is 5.54. The molecule has 0 aliphatic carbocycles. The van der Waals surface area contributed by atoms with E-state index in [9.17, 15) is 10.2 Å². The molecule has 1 aromatic carbocycles. The predicted octanol–water partition coefficient (Wildman–Crippen LogP) is 4.02. The van der Waals surface area contributed by atoms with Crippen molar-refractivity contribution in [3.05, 3.63) is 30.0 Å². The Bertz CT molecular complexity index is 551. The summed E-state index contributed by atoms with van der Waals surface area (Å²) in [7, 11) is 1.68. The molecule has 0 fully saturated rings. The molecular formula is C19H30O6. The van der Waals surface area contributed by atoms with Crippen LogP contribution in [0.15, 0.2) is 24.5 Å². The Morgan fingerprint density at radius 2 is 1.64 bits per heavy atom. The minimum atomic E-state index is -0.515. The SMILES string of the molecule is COCCC(C)(C)OCCC(C)(C)OO/C=C/c1ccc(O)c(O)c1. The fourth-order valence-electron chi connectivity index (χ4n) is 1.94. The standard InChI is InChI=1S/C19H30O6/c1-18(2,9-12-22-5)23-13-10-19(3,4)25-24-11-8-15-6-7-16(20)17(21)14-15/h6-8,11,14,20-21H,9-10,12-13H2,1-5H3/b11-8+. The lowest BCUT2D eigenvalue weighted by Crippen LogP contribution is -2.31. The first kappa shape index (κ1) is 21.3. The van der Waals surface area contributed by atoms with Crippen LogP contribution in [-0.2, 0) is 19.2 Å². The third kappa shape index (κ3) is 8.77. The van der Waals surface area contributed by atoms with Crippen molar-refractivity contribution < 1.29 is 29.5 Å². The molecule has 6 nitrogen and oxygen atoms in total. The van der Waals surface area contributed by atoms with Crippen molar-refractivity contribution in [2.45, 2.75) is 51.7 Å². The topological polar surface area (TPSA) is 77.4 Å². The summed E-state index contributed by atoms with van der Waals surface area (Å²) < 4.78 is 11.0. The fourth-order valence-corrected chi connectivity index (χ4v) is 1.94. The van der Waals surface area contributed by atoms with Gasteiger partial charge in [-0.05, 0) is 57.9 Å². The van der Waals surface area contributed by atoms with E-state index < -0.39 is 5.60 Å². The molecule has 142 valence electrons. The number of aromatic hydroxyl groups is 2. The summed E-state index contributed by atoms with van der Waals surface area (Å²) in [5, 5.41) is 18.7. The summed E-state index contributed by atoms with van der Waals surface area (Å²) >= 11 is 0. The van der Waals surface area contributed by atoms with Crippen molar-refractivity contribution in [3.63, 3.8) is 0 Å². The zero-order chi connectivity index (χ0) is 18.9. The van der Waals surface area contributed by atoms with Crippen LogP contribution in [0.2, 0.25) is 0 Å². The first-order valence-corrected chi connectivity index (χ1v) is 8.31. The van der Waals surface area contributed by atoms with Crippen molar-refractivity contribution in [2.75, 3.05) is 20.3 Å². The summed E-state index contributed by atoms with van der Waals surface area (Å²) in [5.74, 6) is -0.347. The average molecular weight is 354 g/mol. The Hall–Kier alpha value is -1.76. The van der Waals surface area contributed by atoms with Gasteiger partial charge < -0.3 is 24.6 Å². The molecule has 1 aromatic rings. The number of hydrogen-bond acceptors (Lipinski definition) is 6. The molecule has 0 aromatic heterocycles. The first-order valence-electron chi connectivity index (χ1n) is 8.31. The molecular weight excluding hydrogens is 324 g/mol. The van der Waals surface area contributed by atoms with E-state index in [2.05, 4.69) is 0 Å². The molecule has 0 bridgehead atoms. The second kappa shape index (κ2) is 9.65. The van der Waals surface area contributed by atoms with Crippen LogP contribution in [0.1, 0.15) is 46.1 Å². The highest BCUT2D eigenvalue weighted by atomic mass is 17.2. The Morgan fingerprint density at radius 1 is 0.960 bits per heavy atom. The van der Waals surface area contributed by atoms with Gasteiger partial charge in [-0.2, -0.15) is 4.89 Å². The molecule has 0 atom stereocenters. The van der Waals surface area contributed by atoms with Crippen LogP contribution < -0.4 is 0 Å². The van der Waals surface area contributed by atoms with Crippen LogP contribution in [0.4, 0.5) is 0 Å². The molecule has 2 N–H and O–H groups in total. The second-order valence-electron chi connectivity index (χ2n) is 7.09. The minimum absolute atomic E-state index is 0.163. The smallest absolute Gasteiger partial charge is 0.157 e. The maximum atomic E-state index is 9.42. The summed E-state index contributed by atoms with van der Waals surface area (Å²) in [4.78, 5) is 10.5. The second-order valence-corrected chi connectivity index (χ2v) is 7.09. The normalized spacial score (nSPS) is 12.7. The van der Waals surface area contributed by atoms with E-state index in [1.807, 2.05) is 27.7 Å². The van der Waals surface area contributed by atoms with E-state index in [0.29, 0.717) is 25.2 Å².